The smallest absolute Gasteiger partial charge is 0.416 e. The van der Waals surface area contributed by atoms with Crippen LogP contribution in [0.25, 0.3) is 11.0 Å². The highest BCUT2D eigenvalue weighted by Gasteiger charge is 2.30. The molecule has 29 heavy (non-hydrogen) atoms. The summed E-state index contributed by atoms with van der Waals surface area (Å²) in [7, 11) is 0. The molecule has 0 spiro atoms. The van der Waals surface area contributed by atoms with Crippen LogP contribution in [-0.2, 0) is 6.18 Å². The monoisotopic (exact) mass is 407 g/mol. The van der Waals surface area contributed by atoms with Gasteiger partial charge < -0.3 is 10.4 Å². The molecule has 0 saturated carbocycles. The van der Waals surface area contributed by atoms with Crippen LogP contribution in [0.3, 0.4) is 0 Å². The van der Waals surface area contributed by atoms with Gasteiger partial charge in [-0.15, -0.1) is 5.10 Å². The summed E-state index contributed by atoms with van der Waals surface area (Å²) >= 11 is 0. The number of fused-ring (bicyclic) bond motifs is 1. The third-order valence-corrected chi connectivity index (χ3v) is 4.55. The lowest BCUT2D eigenvalue weighted by Crippen LogP contribution is -2.36. The molecular weight excluding hydrogens is 387 g/mol. The number of alkyl halides is 3. The Balaban J connectivity index is 1.79. The minimum absolute atomic E-state index is 0.216. The van der Waals surface area contributed by atoms with E-state index in [0.29, 0.717) is 29.6 Å². The molecule has 7 nitrogen and oxygen atoms in total. The predicted octanol–water partition coefficient (Wildman–Crippen LogP) is 4.50. The van der Waals surface area contributed by atoms with E-state index in [1.54, 1.807) is 18.2 Å². The van der Waals surface area contributed by atoms with Crippen molar-refractivity contribution in [3.8, 4) is 0 Å². The van der Waals surface area contributed by atoms with Crippen molar-refractivity contribution in [1.82, 2.24) is 20.3 Å². The van der Waals surface area contributed by atoms with E-state index in [2.05, 4.69) is 20.9 Å². The number of carboxylic acid groups (broad SMARTS) is 1. The quantitative estimate of drug-likeness (QED) is 0.536. The Morgan fingerprint density at radius 2 is 1.86 bits per heavy atom. The third-order valence-electron chi connectivity index (χ3n) is 4.55. The molecule has 1 heterocycles. The Labute approximate surface area is 164 Å². The maximum Gasteiger partial charge on any atom is 0.416 e. The molecule has 2 unspecified atom stereocenters. The zero-order valence-electron chi connectivity index (χ0n) is 15.5. The molecule has 0 saturated heterocycles. The standard InChI is InChI=1S/C19H20F3N5O2/c1-2-13(23-14-9-7-12(8-10-14)19(20,21)22)11-17(24-18(28)29)27-16-6-4-3-5-15(16)25-26-27/h3-10,13,17,23-24H,2,11H2,1H3,(H,28,29). The Kier molecular flexibility index (Phi) is 5.90. The fourth-order valence-corrected chi connectivity index (χ4v) is 3.07. The molecule has 0 aliphatic heterocycles. The molecule has 0 aliphatic carbocycles. The van der Waals surface area contributed by atoms with Crippen LogP contribution in [0.5, 0.6) is 0 Å². The first-order valence-corrected chi connectivity index (χ1v) is 9.01. The van der Waals surface area contributed by atoms with Gasteiger partial charge in [0.15, 0.2) is 0 Å². The number of para-hydroxylation sites is 1. The maximum atomic E-state index is 12.7. The van der Waals surface area contributed by atoms with Crippen LogP contribution in [0.2, 0.25) is 0 Å². The highest BCUT2D eigenvalue weighted by molar-refractivity contribution is 5.74. The Bertz CT molecular complexity index is 972. The van der Waals surface area contributed by atoms with E-state index in [9.17, 15) is 23.1 Å². The van der Waals surface area contributed by atoms with Crippen molar-refractivity contribution < 1.29 is 23.1 Å². The normalized spacial score (nSPS) is 13.8. The van der Waals surface area contributed by atoms with Crippen LogP contribution in [0, 0.1) is 0 Å². The van der Waals surface area contributed by atoms with Crippen LogP contribution < -0.4 is 10.6 Å². The molecular formula is C19H20F3N5O2. The fraction of sp³-hybridized carbons (Fsp3) is 0.316. The van der Waals surface area contributed by atoms with Crippen molar-refractivity contribution in [1.29, 1.82) is 0 Å². The number of anilines is 1. The van der Waals surface area contributed by atoms with Gasteiger partial charge in [0.1, 0.15) is 11.7 Å². The first-order chi connectivity index (χ1) is 13.8. The van der Waals surface area contributed by atoms with Crippen molar-refractivity contribution >= 4 is 22.8 Å². The van der Waals surface area contributed by atoms with Crippen LogP contribution in [0.15, 0.2) is 48.5 Å². The molecule has 154 valence electrons. The van der Waals surface area contributed by atoms with E-state index >= 15 is 0 Å². The highest BCUT2D eigenvalue weighted by Crippen LogP contribution is 2.30. The Hall–Kier alpha value is -3.30. The summed E-state index contributed by atoms with van der Waals surface area (Å²) in [6, 6.07) is 11.7. The molecule has 3 rings (SSSR count). The summed E-state index contributed by atoms with van der Waals surface area (Å²) in [4.78, 5) is 11.3. The van der Waals surface area contributed by atoms with E-state index < -0.39 is 24.0 Å². The summed E-state index contributed by atoms with van der Waals surface area (Å²) in [5, 5.41) is 23.0. The van der Waals surface area contributed by atoms with Crippen molar-refractivity contribution in [2.24, 2.45) is 0 Å². The number of rotatable bonds is 7. The van der Waals surface area contributed by atoms with Gasteiger partial charge in [-0.3, -0.25) is 5.32 Å². The minimum Gasteiger partial charge on any atom is -0.465 e. The van der Waals surface area contributed by atoms with Crippen molar-refractivity contribution in [3.05, 3.63) is 54.1 Å². The molecule has 2 atom stereocenters. The van der Waals surface area contributed by atoms with E-state index in [-0.39, 0.29) is 6.04 Å². The van der Waals surface area contributed by atoms with Gasteiger partial charge in [0, 0.05) is 18.2 Å². The highest BCUT2D eigenvalue weighted by atomic mass is 19.4. The fourth-order valence-electron chi connectivity index (χ4n) is 3.07. The molecule has 10 heteroatoms. The number of aromatic nitrogens is 3. The molecule has 0 radical (unpaired) electrons. The molecule has 1 amide bonds. The van der Waals surface area contributed by atoms with E-state index in [0.717, 1.165) is 12.1 Å². The number of halogens is 3. The SMILES string of the molecule is CCC(CC(NC(=O)O)n1nnc2ccccc21)Nc1ccc(C(F)(F)F)cc1. The maximum absolute atomic E-state index is 12.7. The second-order valence-electron chi connectivity index (χ2n) is 6.55. The number of amides is 1. The average molecular weight is 407 g/mol. The van der Waals surface area contributed by atoms with Gasteiger partial charge in [0.05, 0.1) is 11.1 Å². The number of carbonyl (C=O) groups is 1. The van der Waals surface area contributed by atoms with Gasteiger partial charge in [-0.05, 0) is 42.8 Å². The molecule has 3 aromatic rings. The molecule has 3 N–H and O–H groups in total. The second-order valence-corrected chi connectivity index (χ2v) is 6.55. The second kappa shape index (κ2) is 8.38. The molecule has 0 bridgehead atoms. The van der Waals surface area contributed by atoms with E-state index in [4.69, 9.17) is 0 Å². The van der Waals surface area contributed by atoms with Crippen molar-refractivity contribution in [2.75, 3.05) is 5.32 Å². The lowest BCUT2D eigenvalue weighted by Gasteiger charge is -2.25. The first kappa shape index (κ1) is 20.4. The zero-order valence-corrected chi connectivity index (χ0v) is 15.5. The number of nitrogens with one attached hydrogen (secondary N) is 2. The minimum atomic E-state index is -4.40. The summed E-state index contributed by atoms with van der Waals surface area (Å²) < 4.78 is 39.7. The summed E-state index contributed by atoms with van der Waals surface area (Å²) in [6.07, 6.45) is -5.37. The van der Waals surface area contributed by atoms with Crippen LogP contribution in [-0.4, -0.2) is 32.2 Å². The number of benzene rings is 2. The predicted molar refractivity (Wildman–Crippen MR) is 101 cm³/mol. The number of hydrogen-bond acceptors (Lipinski definition) is 4. The van der Waals surface area contributed by atoms with Gasteiger partial charge in [-0.1, -0.05) is 24.3 Å². The summed E-state index contributed by atoms with van der Waals surface area (Å²) in [6.45, 7) is 1.90. The summed E-state index contributed by atoms with van der Waals surface area (Å²) in [5.41, 5.74) is 1.10. The van der Waals surface area contributed by atoms with Gasteiger partial charge in [-0.25, -0.2) is 9.48 Å². The Morgan fingerprint density at radius 1 is 1.17 bits per heavy atom. The molecule has 2 aromatic carbocycles. The van der Waals surface area contributed by atoms with Crippen LogP contribution >= 0.6 is 0 Å². The largest absolute Gasteiger partial charge is 0.465 e. The average Bonchev–Trinajstić information content (AvgIpc) is 3.10. The van der Waals surface area contributed by atoms with E-state index in [1.165, 1.54) is 16.8 Å². The molecule has 0 fully saturated rings. The van der Waals surface area contributed by atoms with Gasteiger partial charge in [0.25, 0.3) is 0 Å². The first-order valence-electron chi connectivity index (χ1n) is 9.01. The number of nitrogens with zero attached hydrogens (tertiary/aromatic N) is 3. The van der Waals surface area contributed by atoms with Crippen molar-refractivity contribution in [3.63, 3.8) is 0 Å². The van der Waals surface area contributed by atoms with Crippen molar-refractivity contribution in [2.45, 2.75) is 38.1 Å². The topological polar surface area (TPSA) is 92.1 Å². The lowest BCUT2D eigenvalue weighted by atomic mass is 10.1. The Morgan fingerprint density at radius 3 is 2.48 bits per heavy atom. The zero-order chi connectivity index (χ0) is 21.0. The lowest BCUT2D eigenvalue weighted by molar-refractivity contribution is -0.137. The van der Waals surface area contributed by atoms with E-state index in [1.807, 2.05) is 13.0 Å². The van der Waals surface area contributed by atoms with Gasteiger partial charge in [-0.2, -0.15) is 13.2 Å². The summed E-state index contributed by atoms with van der Waals surface area (Å²) in [5.74, 6) is 0. The van der Waals surface area contributed by atoms with Gasteiger partial charge >= 0.3 is 12.3 Å². The number of hydrogen-bond donors (Lipinski definition) is 3. The van der Waals surface area contributed by atoms with Crippen LogP contribution in [0.4, 0.5) is 23.7 Å². The third kappa shape index (κ3) is 4.95. The molecule has 0 aliphatic rings. The van der Waals surface area contributed by atoms with Crippen LogP contribution in [0.1, 0.15) is 31.5 Å². The van der Waals surface area contributed by atoms with Gasteiger partial charge in [0.2, 0.25) is 0 Å². The molecule has 1 aromatic heterocycles.